The molecule has 0 aliphatic heterocycles. The van der Waals surface area contributed by atoms with Gasteiger partial charge < -0.3 is 19.5 Å². The summed E-state index contributed by atoms with van der Waals surface area (Å²) in [6, 6.07) is 24.3. The van der Waals surface area contributed by atoms with Crippen molar-refractivity contribution in [2.45, 2.75) is 44.9 Å². The van der Waals surface area contributed by atoms with Crippen LogP contribution < -0.4 is 16.2 Å². The standard InChI is InChI=1S/C30H33N3O6/c1-30(2,3)39-28(35)31-26(19-37-17-20-11-5-4-6-12-20)27(34)32-33-29(36)38-18-25-23-15-9-7-13-21(23)22-14-8-10-16-24(22)25/h4-16,25-26H,17-19H2,1-3H3,(H,31,35)(H,32,34)(H,33,36)/t26-/m1/s1. The van der Waals surface area contributed by atoms with Crippen molar-refractivity contribution in [2.24, 2.45) is 0 Å². The Bertz CT molecular complexity index is 1260. The Morgan fingerprint density at radius 1 is 0.795 bits per heavy atom. The molecule has 0 saturated carbocycles. The van der Waals surface area contributed by atoms with Crippen LogP contribution in [0.25, 0.3) is 11.1 Å². The van der Waals surface area contributed by atoms with Gasteiger partial charge in [0, 0.05) is 5.92 Å². The highest BCUT2D eigenvalue weighted by molar-refractivity contribution is 5.87. The maximum absolute atomic E-state index is 12.8. The number of fused-ring (bicyclic) bond motifs is 3. The smallest absolute Gasteiger partial charge is 0.426 e. The molecule has 0 bridgehead atoms. The number of carbonyl (C=O) groups excluding carboxylic acids is 3. The second-order valence-corrected chi connectivity index (χ2v) is 10.1. The normalized spacial score (nSPS) is 13.0. The van der Waals surface area contributed by atoms with E-state index in [0.717, 1.165) is 27.8 Å². The largest absolute Gasteiger partial charge is 0.447 e. The summed E-state index contributed by atoms with van der Waals surface area (Å²) in [6.07, 6.45) is -1.61. The third-order valence-corrected chi connectivity index (χ3v) is 6.03. The molecule has 1 aliphatic carbocycles. The van der Waals surface area contributed by atoms with Gasteiger partial charge in [0.1, 0.15) is 18.2 Å². The van der Waals surface area contributed by atoms with E-state index in [4.69, 9.17) is 14.2 Å². The number of carbonyl (C=O) groups is 3. The molecular weight excluding hydrogens is 498 g/mol. The minimum Gasteiger partial charge on any atom is -0.447 e. The summed E-state index contributed by atoms with van der Waals surface area (Å²) in [4.78, 5) is 37.6. The Labute approximate surface area is 227 Å². The SMILES string of the molecule is CC(C)(C)OC(=O)N[C@H](COCc1ccccc1)C(=O)NNC(=O)OCC1c2ccccc2-c2ccccc21. The molecule has 1 aliphatic rings. The summed E-state index contributed by atoms with van der Waals surface area (Å²) in [5.41, 5.74) is 9.09. The van der Waals surface area contributed by atoms with Gasteiger partial charge in [-0.3, -0.25) is 10.2 Å². The number of amides is 3. The number of rotatable bonds is 8. The van der Waals surface area contributed by atoms with E-state index in [-0.39, 0.29) is 25.7 Å². The van der Waals surface area contributed by atoms with Crippen LogP contribution in [0.4, 0.5) is 9.59 Å². The number of nitrogens with one attached hydrogen (secondary N) is 3. The number of hydrogen-bond acceptors (Lipinski definition) is 6. The first-order chi connectivity index (χ1) is 18.7. The highest BCUT2D eigenvalue weighted by Gasteiger charge is 2.29. The lowest BCUT2D eigenvalue weighted by molar-refractivity contribution is -0.125. The van der Waals surface area contributed by atoms with Crippen molar-refractivity contribution in [3.8, 4) is 11.1 Å². The highest BCUT2D eigenvalue weighted by Crippen LogP contribution is 2.44. The van der Waals surface area contributed by atoms with Gasteiger partial charge >= 0.3 is 12.2 Å². The Morgan fingerprint density at radius 3 is 2.00 bits per heavy atom. The lowest BCUT2D eigenvalue weighted by atomic mass is 9.98. The zero-order valence-electron chi connectivity index (χ0n) is 22.2. The number of hydrogen-bond donors (Lipinski definition) is 3. The molecule has 1 atom stereocenters. The molecule has 3 aromatic rings. The van der Waals surface area contributed by atoms with Crippen LogP contribution in [0.3, 0.4) is 0 Å². The quantitative estimate of drug-likeness (QED) is 0.364. The first-order valence-electron chi connectivity index (χ1n) is 12.7. The molecule has 3 aromatic carbocycles. The van der Waals surface area contributed by atoms with E-state index in [1.807, 2.05) is 78.9 Å². The van der Waals surface area contributed by atoms with Crippen molar-refractivity contribution in [1.29, 1.82) is 0 Å². The van der Waals surface area contributed by atoms with Crippen molar-refractivity contribution in [1.82, 2.24) is 16.2 Å². The van der Waals surface area contributed by atoms with Gasteiger partial charge in [-0.2, -0.15) is 0 Å². The third-order valence-electron chi connectivity index (χ3n) is 6.03. The van der Waals surface area contributed by atoms with Gasteiger partial charge in [-0.05, 0) is 48.6 Å². The molecule has 3 amide bonds. The third kappa shape index (κ3) is 7.58. The lowest BCUT2D eigenvalue weighted by Crippen LogP contribution is -2.54. The molecule has 39 heavy (non-hydrogen) atoms. The summed E-state index contributed by atoms with van der Waals surface area (Å²) in [7, 11) is 0. The molecule has 0 unspecified atom stereocenters. The summed E-state index contributed by atoms with van der Waals surface area (Å²) >= 11 is 0. The summed E-state index contributed by atoms with van der Waals surface area (Å²) in [5.74, 6) is -0.811. The Balaban J connectivity index is 1.32. The Morgan fingerprint density at radius 2 is 1.38 bits per heavy atom. The number of hydrazine groups is 1. The second kappa shape index (κ2) is 12.4. The Kier molecular flexibility index (Phi) is 8.83. The fourth-order valence-corrected chi connectivity index (χ4v) is 4.34. The monoisotopic (exact) mass is 531 g/mol. The summed E-state index contributed by atoms with van der Waals surface area (Å²) < 4.78 is 16.4. The van der Waals surface area contributed by atoms with Gasteiger partial charge in [-0.1, -0.05) is 78.9 Å². The molecule has 0 saturated heterocycles. The van der Waals surface area contributed by atoms with Crippen LogP contribution in [0.2, 0.25) is 0 Å². The van der Waals surface area contributed by atoms with Crippen molar-refractivity contribution >= 4 is 18.1 Å². The fourth-order valence-electron chi connectivity index (χ4n) is 4.34. The summed E-state index contributed by atoms with van der Waals surface area (Å²) in [6.45, 7) is 5.33. The van der Waals surface area contributed by atoms with Crippen molar-refractivity contribution in [3.63, 3.8) is 0 Å². The molecule has 0 aromatic heterocycles. The molecule has 4 rings (SSSR count). The van der Waals surface area contributed by atoms with Gasteiger partial charge in [-0.25, -0.2) is 15.0 Å². The van der Waals surface area contributed by atoms with Crippen LogP contribution in [0, 0.1) is 0 Å². The topological polar surface area (TPSA) is 115 Å². The van der Waals surface area contributed by atoms with Crippen LogP contribution in [0.5, 0.6) is 0 Å². The first-order valence-corrected chi connectivity index (χ1v) is 12.7. The minimum atomic E-state index is -1.13. The Hall–Kier alpha value is -4.37. The first kappa shape index (κ1) is 27.7. The second-order valence-electron chi connectivity index (χ2n) is 10.1. The molecule has 9 nitrogen and oxygen atoms in total. The average molecular weight is 532 g/mol. The van der Waals surface area contributed by atoms with Crippen LogP contribution >= 0.6 is 0 Å². The zero-order valence-corrected chi connectivity index (χ0v) is 22.2. The molecule has 0 spiro atoms. The van der Waals surface area contributed by atoms with E-state index < -0.39 is 29.7 Å². The minimum absolute atomic E-state index is 0.0928. The average Bonchev–Trinajstić information content (AvgIpc) is 3.23. The molecular formula is C30H33N3O6. The van der Waals surface area contributed by atoms with E-state index >= 15 is 0 Å². The molecule has 0 radical (unpaired) electrons. The number of alkyl carbamates (subject to hydrolysis) is 1. The molecule has 0 heterocycles. The van der Waals surface area contributed by atoms with Gasteiger partial charge in [0.25, 0.3) is 5.91 Å². The van der Waals surface area contributed by atoms with E-state index in [9.17, 15) is 14.4 Å². The van der Waals surface area contributed by atoms with Gasteiger partial charge in [0.05, 0.1) is 13.2 Å². The summed E-state index contributed by atoms with van der Waals surface area (Å²) in [5, 5.41) is 2.49. The van der Waals surface area contributed by atoms with E-state index in [0.29, 0.717) is 0 Å². The number of ether oxygens (including phenoxy) is 3. The fraction of sp³-hybridized carbons (Fsp3) is 0.300. The van der Waals surface area contributed by atoms with Crippen LogP contribution in [0.15, 0.2) is 78.9 Å². The van der Waals surface area contributed by atoms with Gasteiger partial charge in [-0.15, -0.1) is 0 Å². The van der Waals surface area contributed by atoms with Crippen molar-refractivity contribution < 1.29 is 28.6 Å². The van der Waals surface area contributed by atoms with Crippen molar-refractivity contribution in [3.05, 3.63) is 95.6 Å². The predicted octanol–water partition coefficient (Wildman–Crippen LogP) is 4.67. The van der Waals surface area contributed by atoms with E-state index in [2.05, 4.69) is 16.2 Å². The maximum Gasteiger partial charge on any atom is 0.426 e. The molecule has 204 valence electrons. The lowest BCUT2D eigenvalue weighted by Gasteiger charge is -2.23. The molecule has 3 N–H and O–H groups in total. The van der Waals surface area contributed by atoms with Gasteiger partial charge in [0.15, 0.2) is 0 Å². The van der Waals surface area contributed by atoms with Crippen molar-refractivity contribution in [2.75, 3.05) is 13.2 Å². The van der Waals surface area contributed by atoms with E-state index in [1.165, 1.54) is 0 Å². The van der Waals surface area contributed by atoms with Gasteiger partial charge in [0.2, 0.25) is 0 Å². The van der Waals surface area contributed by atoms with E-state index in [1.54, 1.807) is 20.8 Å². The van der Waals surface area contributed by atoms with Crippen LogP contribution in [-0.4, -0.2) is 43.0 Å². The maximum atomic E-state index is 12.8. The molecule has 9 heteroatoms. The zero-order chi connectivity index (χ0) is 27.8. The predicted molar refractivity (Wildman–Crippen MR) is 146 cm³/mol. The number of benzene rings is 3. The van der Waals surface area contributed by atoms with Crippen LogP contribution in [-0.2, 0) is 25.6 Å². The molecule has 0 fully saturated rings. The highest BCUT2D eigenvalue weighted by atomic mass is 16.6. The van der Waals surface area contributed by atoms with Crippen LogP contribution in [0.1, 0.15) is 43.4 Å².